The molecule has 0 bridgehead atoms. The molecule has 0 heteroatoms. The van der Waals surface area contributed by atoms with Crippen molar-refractivity contribution in [2.45, 2.75) is 59.3 Å². The first-order chi connectivity index (χ1) is 5.79. The highest BCUT2D eigenvalue weighted by Crippen LogP contribution is 2.48. The van der Waals surface area contributed by atoms with Crippen molar-refractivity contribution in [2.24, 2.45) is 17.8 Å². The predicted octanol–water partition coefficient (Wildman–Crippen LogP) is 4.25. The van der Waals surface area contributed by atoms with E-state index >= 15 is 0 Å². The Balaban J connectivity index is 2.06. The molecule has 0 heterocycles. The van der Waals surface area contributed by atoms with Gasteiger partial charge in [0, 0.05) is 0 Å². The number of hydrogen-bond acceptors (Lipinski definition) is 0. The maximum absolute atomic E-state index is 2.45. The van der Waals surface area contributed by atoms with Crippen molar-refractivity contribution in [2.75, 3.05) is 0 Å². The van der Waals surface area contributed by atoms with Crippen molar-refractivity contribution < 1.29 is 0 Å². The molecule has 0 N–H and O–H groups in total. The van der Waals surface area contributed by atoms with E-state index in [4.69, 9.17) is 0 Å². The normalized spacial score (nSPS) is 30.2. The summed E-state index contributed by atoms with van der Waals surface area (Å²) in [4.78, 5) is 0. The second-order valence-corrected chi connectivity index (χ2v) is 4.57. The average molecular weight is 168 g/mol. The zero-order valence-corrected chi connectivity index (χ0v) is 8.97. The largest absolute Gasteiger partial charge is 0.0654 e. The number of unbranched alkanes of at least 4 members (excludes halogenated alkanes) is 1. The van der Waals surface area contributed by atoms with Gasteiger partial charge in [0.15, 0.2) is 0 Å². The van der Waals surface area contributed by atoms with Crippen molar-refractivity contribution in [3.8, 4) is 0 Å². The van der Waals surface area contributed by atoms with Gasteiger partial charge in [-0.1, -0.05) is 52.9 Å². The van der Waals surface area contributed by atoms with Crippen molar-refractivity contribution in [1.82, 2.24) is 0 Å². The van der Waals surface area contributed by atoms with Gasteiger partial charge in [0.2, 0.25) is 0 Å². The summed E-state index contributed by atoms with van der Waals surface area (Å²) in [6.07, 6.45) is 8.70. The third kappa shape index (κ3) is 2.80. The molecule has 1 aliphatic carbocycles. The fourth-order valence-corrected chi connectivity index (χ4v) is 2.41. The minimum Gasteiger partial charge on any atom is -0.0654 e. The van der Waals surface area contributed by atoms with Gasteiger partial charge in [-0.05, 0) is 24.2 Å². The highest BCUT2D eigenvalue weighted by atomic mass is 14.4. The first kappa shape index (κ1) is 10.1. The first-order valence-corrected chi connectivity index (χ1v) is 5.79. The highest BCUT2D eigenvalue weighted by Gasteiger charge is 2.39. The Kier molecular flexibility index (Phi) is 4.11. The van der Waals surface area contributed by atoms with Gasteiger partial charge >= 0.3 is 0 Å². The fraction of sp³-hybridized carbons (Fsp3) is 1.00. The highest BCUT2D eigenvalue weighted by molar-refractivity contribution is 4.88. The van der Waals surface area contributed by atoms with Gasteiger partial charge < -0.3 is 0 Å². The van der Waals surface area contributed by atoms with Crippen LogP contribution in [0.5, 0.6) is 0 Å². The van der Waals surface area contributed by atoms with E-state index < -0.39 is 0 Å². The lowest BCUT2D eigenvalue weighted by atomic mass is 9.97. The van der Waals surface area contributed by atoms with E-state index in [0.717, 1.165) is 17.8 Å². The molecule has 3 atom stereocenters. The Morgan fingerprint density at radius 1 is 1.25 bits per heavy atom. The summed E-state index contributed by atoms with van der Waals surface area (Å²) in [5, 5.41) is 0. The van der Waals surface area contributed by atoms with E-state index in [1.807, 2.05) is 0 Å². The summed E-state index contributed by atoms with van der Waals surface area (Å²) in [7, 11) is 0. The van der Waals surface area contributed by atoms with E-state index in [-0.39, 0.29) is 0 Å². The summed E-state index contributed by atoms with van der Waals surface area (Å²) < 4.78 is 0. The van der Waals surface area contributed by atoms with Gasteiger partial charge in [-0.2, -0.15) is 0 Å². The Morgan fingerprint density at radius 2 is 2.00 bits per heavy atom. The SMILES string of the molecule is CCCCC(C)C1CC1CCC. The van der Waals surface area contributed by atoms with E-state index in [9.17, 15) is 0 Å². The molecule has 12 heavy (non-hydrogen) atoms. The van der Waals surface area contributed by atoms with Gasteiger partial charge in [0.1, 0.15) is 0 Å². The van der Waals surface area contributed by atoms with Gasteiger partial charge in [-0.3, -0.25) is 0 Å². The van der Waals surface area contributed by atoms with Crippen LogP contribution in [0, 0.1) is 17.8 Å². The smallest absolute Gasteiger partial charge is 0.0357 e. The van der Waals surface area contributed by atoms with E-state index in [1.165, 1.54) is 32.1 Å². The molecular formula is C12H24. The zero-order valence-electron chi connectivity index (χ0n) is 8.97. The van der Waals surface area contributed by atoms with Crippen LogP contribution in [0.3, 0.4) is 0 Å². The molecule has 0 aromatic carbocycles. The molecule has 3 unspecified atom stereocenters. The molecule has 0 aliphatic heterocycles. The van der Waals surface area contributed by atoms with Crippen molar-refractivity contribution >= 4 is 0 Å². The lowest BCUT2D eigenvalue weighted by molar-refractivity contribution is 0.419. The zero-order chi connectivity index (χ0) is 8.97. The Labute approximate surface area is 77.7 Å². The van der Waals surface area contributed by atoms with Crippen molar-refractivity contribution in [3.05, 3.63) is 0 Å². The molecule has 0 nitrogen and oxygen atoms in total. The van der Waals surface area contributed by atoms with Crippen LogP contribution >= 0.6 is 0 Å². The quantitative estimate of drug-likeness (QED) is 0.556. The third-order valence-electron chi connectivity index (χ3n) is 3.38. The van der Waals surface area contributed by atoms with Crippen LogP contribution in [-0.4, -0.2) is 0 Å². The van der Waals surface area contributed by atoms with E-state index in [1.54, 1.807) is 6.42 Å². The van der Waals surface area contributed by atoms with Crippen LogP contribution in [0.1, 0.15) is 59.3 Å². The van der Waals surface area contributed by atoms with Gasteiger partial charge in [0.05, 0.1) is 0 Å². The second-order valence-electron chi connectivity index (χ2n) is 4.57. The van der Waals surface area contributed by atoms with Crippen LogP contribution in [0.2, 0.25) is 0 Å². The first-order valence-electron chi connectivity index (χ1n) is 5.79. The van der Waals surface area contributed by atoms with Crippen molar-refractivity contribution in [3.63, 3.8) is 0 Å². The maximum Gasteiger partial charge on any atom is -0.0357 e. The summed E-state index contributed by atoms with van der Waals surface area (Å²) in [6.45, 7) is 7.06. The molecule has 0 aromatic rings. The van der Waals surface area contributed by atoms with E-state index in [0.29, 0.717) is 0 Å². The Hall–Kier alpha value is 0. The summed E-state index contributed by atoms with van der Waals surface area (Å²) in [6, 6.07) is 0. The van der Waals surface area contributed by atoms with Crippen LogP contribution in [0.4, 0.5) is 0 Å². The fourth-order valence-electron chi connectivity index (χ4n) is 2.41. The molecule has 1 saturated carbocycles. The molecule has 1 rings (SSSR count). The molecule has 0 saturated heterocycles. The molecule has 0 radical (unpaired) electrons. The molecular weight excluding hydrogens is 144 g/mol. The summed E-state index contributed by atoms with van der Waals surface area (Å²) in [5.41, 5.74) is 0. The Bertz CT molecular complexity index is 117. The van der Waals surface area contributed by atoms with E-state index in [2.05, 4.69) is 20.8 Å². The van der Waals surface area contributed by atoms with Crippen LogP contribution < -0.4 is 0 Å². The average Bonchev–Trinajstić information content (AvgIpc) is 2.80. The van der Waals surface area contributed by atoms with Crippen LogP contribution in [0.15, 0.2) is 0 Å². The lowest BCUT2D eigenvalue weighted by Crippen LogP contribution is -1.99. The monoisotopic (exact) mass is 168 g/mol. The molecule has 0 aromatic heterocycles. The van der Waals surface area contributed by atoms with Crippen LogP contribution in [-0.2, 0) is 0 Å². The minimum atomic E-state index is 1.02. The maximum atomic E-state index is 2.45. The third-order valence-corrected chi connectivity index (χ3v) is 3.38. The van der Waals surface area contributed by atoms with Crippen molar-refractivity contribution in [1.29, 1.82) is 0 Å². The molecule has 0 spiro atoms. The molecule has 72 valence electrons. The lowest BCUT2D eigenvalue weighted by Gasteiger charge is -2.09. The van der Waals surface area contributed by atoms with Gasteiger partial charge in [-0.15, -0.1) is 0 Å². The molecule has 1 aliphatic rings. The minimum absolute atomic E-state index is 1.02. The van der Waals surface area contributed by atoms with Gasteiger partial charge in [-0.25, -0.2) is 0 Å². The standard InChI is InChI=1S/C12H24/c1-4-6-8-10(3)12-9-11(12)7-5-2/h10-12H,4-9H2,1-3H3. The number of hydrogen-bond donors (Lipinski definition) is 0. The molecule has 0 amide bonds. The predicted molar refractivity (Wildman–Crippen MR) is 55.2 cm³/mol. The second kappa shape index (κ2) is 4.89. The van der Waals surface area contributed by atoms with Crippen LogP contribution in [0.25, 0.3) is 0 Å². The summed E-state index contributed by atoms with van der Waals surface area (Å²) >= 11 is 0. The number of rotatable bonds is 6. The topological polar surface area (TPSA) is 0 Å². The molecule has 1 fully saturated rings. The Morgan fingerprint density at radius 3 is 2.58 bits per heavy atom. The van der Waals surface area contributed by atoms with Gasteiger partial charge in [0.25, 0.3) is 0 Å². The summed E-state index contributed by atoms with van der Waals surface area (Å²) in [5.74, 6) is 3.24.